The van der Waals surface area contributed by atoms with Gasteiger partial charge in [0.25, 0.3) is 10.0 Å². The number of likely N-dealkylation sites (tertiary alicyclic amines) is 1. The van der Waals surface area contributed by atoms with Crippen LogP contribution in [0.4, 0.5) is 4.79 Å². The first kappa shape index (κ1) is 19.2. The molecular formula is C21H24N2O3S. The molecule has 0 radical (unpaired) electrons. The lowest BCUT2D eigenvalue weighted by Gasteiger charge is -2.31. The van der Waals surface area contributed by atoms with Crippen molar-refractivity contribution >= 4 is 22.1 Å². The van der Waals surface area contributed by atoms with E-state index in [1.54, 1.807) is 17.0 Å². The summed E-state index contributed by atoms with van der Waals surface area (Å²) < 4.78 is 26.4. The molecule has 2 aromatic rings. The van der Waals surface area contributed by atoms with Crippen LogP contribution in [0.3, 0.4) is 0 Å². The van der Waals surface area contributed by atoms with Gasteiger partial charge in [0.05, 0.1) is 5.41 Å². The summed E-state index contributed by atoms with van der Waals surface area (Å²) >= 11 is 0. The van der Waals surface area contributed by atoms with Crippen LogP contribution in [0, 0.1) is 5.92 Å². The summed E-state index contributed by atoms with van der Waals surface area (Å²) in [7, 11) is -3.81. The van der Waals surface area contributed by atoms with Crippen molar-refractivity contribution in [3.05, 3.63) is 77.2 Å². The topological polar surface area (TPSA) is 66.5 Å². The summed E-state index contributed by atoms with van der Waals surface area (Å²) in [5, 5.41) is 1.03. The Kier molecular flexibility index (Phi) is 6.29. The first-order valence-electron chi connectivity index (χ1n) is 9.11. The number of nitrogens with zero attached hydrogens (tertiary/aromatic N) is 1. The molecule has 2 amide bonds. The molecule has 6 heteroatoms. The standard InChI is InChI=1S/C21H24N2O3S/c24-21(22-27(25,26)16-13-18-7-3-1-4-8-18)23-14-11-20(12-15-23)17-19-9-5-2-6-10-19/h1-10,13,16,20H,11-12,14-15,17H2,(H,22,24)/b16-13+. The summed E-state index contributed by atoms with van der Waals surface area (Å²) in [6.07, 6.45) is 4.22. The number of amides is 2. The van der Waals surface area contributed by atoms with Gasteiger partial charge in [-0.25, -0.2) is 17.9 Å². The van der Waals surface area contributed by atoms with E-state index in [4.69, 9.17) is 0 Å². The predicted octanol–water partition coefficient (Wildman–Crippen LogP) is 3.65. The molecule has 3 rings (SSSR count). The maximum absolute atomic E-state index is 12.3. The van der Waals surface area contributed by atoms with Crippen LogP contribution in [-0.2, 0) is 16.4 Å². The van der Waals surface area contributed by atoms with Gasteiger partial charge in [0.1, 0.15) is 0 Å². The highest BCUT2D eigenvalue weighted by molar-refractivity contribution is 7.93. The number of carbonyl (C=O) groups is 1. The first-order valence-corrected chi connectivity index (χ1v) is 10.7. The van der Waals surface area contributed by atoms with Crippen LogP contribution in [0.25, 0.3) is 6.08 Å². The van der Waals surface area contributed by atoms with Gasteiger partial charge in [-0.3, -0.25) is 0 Å². The van der Waals surface area contributed by atoms with Crippen molar-refractivity contribution < 1.29 is 13.2 Å². The van der Waals surface area contributed by atoms with Crippen molar-refractivity contribution in [2.45, 2.75) is 19.3 Å². The van der Waals surface area contributed by atoms with E-state index in [0.29, 0.717) is 19.0 Å². The second kappa shape index (κ2) is 8.86. The third-order valence-electron chi connectivity index (χ3n) is 4.74. The Labute approximate surface area is 160 Å². The van der Waals surface area contributed by atoms with Gasteiger partial charge in [-0.15, -0.1) is 0 Å². The molecule has 0 atom stereocenters. The van der Waals surface area contributed by atoms with Crippen molar-refractivity contribution in [2.75, 3.05) is 13.1 Å². The average Bonchev–Trinajstić information content (AvgIpc) is 2.68. The third-order valence-corrected chi connectivity index (χ3v) is 5.69. The zero-order valence-electron chi connectivity index (χ0n) is 15.1. The van der Waals surface area contributed by atoms with Crippen LogP contribution in [0.15, 0.2) is 66.1 Å². The fourth-order valence-corrected chi connectivity index (χ4v) is 4.02. The minimum atomic E-state index is -3.81. The highest BCUT2D eigenvalue weighted by Gasteiger charge is 2.24. The van der Waals surface area contributed by atoms with E-state index in [2.05, 4.69) is 16.9 Å². The van der Waals surface area contributed by atoms with E-state index in [9.17, 15) is 13.2 Å². The predicted molar refractivity (Wildman–Crippen MR) is 107 cm³/mol. The molecule has 1 heterocycles. The number of urea groups is 1. The summed E-state index contributed by atoms with van der Waals surface area (Å²) in [6, 6.07) is 18.8. The lowest BCUT2D eigenvalue weighted by Crippen LogP contribution is -2.46. The van der Waals surface area contributed by atoms with E-state index in [0.717, 1.165) is 30.2 Å². The molecule has 0 aromatic heterocycles. The molecule has 0 spiro atoms. The summed E-state index contributed by atoms with van der Waals surface area (Å²) in [5.41, 5.74) is 2.06. The molecule has 0 bridgehead atoms. The lowest BCUT2D eigenvalue weighted by atomic mass is 9.90. The molecule has 1 fully saturated rings. The number of benzene rings is 2. The van der Waals surface area contributed by atoms with Crippen molar-refractivity contribution in [3.8, 4) is 0 Å². The molecule has 2 aromatic carbocycles. The maximum atomic E-state index is 12.3. The molecule has 1 aliphatic heterocycles. The maximum Gasteiger partial charge on any atom is 0.331 e. The highest BCUT2D eigenvalue weighted by Crippen LogP contribution is 2.21. The van der Waals surface area contributed by atoms with E-state index >= 15 is 0 Å². The van der Waals surface area contributed by atoms with E-state index in [1.165, 1.54) is 11.6 Å². The van der Waals surface area contributed by atoms with Gasteiger partial charge in [0.2, 0.25) is 0 Å². The summed E-state index contributed by atoms with van der Waals surface area (Å²) in [6.45, 7) is 1.14. The Balaban J connectivity index is 1.49. The Morgan fingerprint density at radius 3 is 2.22 bits per heavy atom. The fourth-order valence-electron chi connectivity index (χ4n) is 3.24. The van der Waals surface area contributed by atoms with Crippen LogP contribution in [0.5, 0.6) is 0 Å². The number of nitrogens with one attached hydrogen (secondary N) is 1. The smallest absolute Gasteiger partial charge is 0.324 e. The van der Waals surface area contributed by atoms with Crippen LogP contribution < -0.4 is 4.72 Å². The highest BCUT2D eigenvalue weighted by atomic mass is 32.2. The molecule has 5 nitrogen and oxygen atoms in total. The van der Waals surface area contributed by atoms with Gasteiger partial charge >= 0.3 is 6.03 Å². The summed E-state index contributed by atoms with van der Waals surface area (Å²) in [4.78, 5) is 13.9. The van der Waals surface area contributed by atoms with Crippen LogP contribution >= 0.6 is 0 Å². The SMILES string of the molecule is O=C(NS(=O)(=O)/C=C/c1ccccc1)N1CCC(Cc2ccccc2)CC1. The molecule has 0 unspecified atom stereocenters. The van der Waals surface area contributed by atoms with E-state index in [1.807, 2.05) is 36.4 Å². The number of sulfonamides is 1. The molecule has 27 heavy (non-hydrogen) atoms. The second-order valence-electron chi connectivity index (χ2n) is 6.79. The van der Waals surface area contributed by atoms with Gasteiger partial charge in [-0.2, -0.15) is 0 Å². The molecule has 1 N–H and O–H groups in total. The quantitative estimate of drug-likeness (QED) is 0.856. The van der Waals surface area contributed by atoms with Gasteiger partial charge < -0.3 is 4.90 Å². The van der Waals surface area contributed by atoms with Crippen LogP contribution in [0.2, 0.25) is 0 Å². The van der Waals surface area contributed by atoms with E-state index in [-0.39, 0.29) is 0 Å². The van der Waals surface area contributed by atoms with Gasteiger partial charge in [0, 0.05) is 13.1 Å². The monoisotopic (exact) mass is 384 g/mol. The number of rotatable bonds is 5. The number of hydrogen-bond donors (Lipinski definition) is 1. The zero-order chi connectivity index (χ0) is 19.1. The van der Waals surface area contributed by atoms with Gasteiger partial charge in [-0.05, 0) is 42.4 Å². The Morgan fingerprint density at radius 1 is 1.00 bits per heavy atom. The molecule has 1 saturated heterocycles. The first-order chi connectivity index (χ1) is 13.0. The lowest BCUT2D eigenvalue weighted by molar-refractivity contribution is 0.175. The van der Waals surface area contributed by atoms with Crippen molar-refractivity contribution in [1.29, 1.82) is 0 Å². The molecular weight excluding hydrogens is 360 g/mol. The zero-order valence-corrected chi connectivity index (χ0v) is 15.9. The van der Waals surface area contributed by atoms with E-state index < -0.39 is 16.1 Å². The molecule has 0 aliphatic carbocycles. The minimum absolute atomic E-state index is 0.519. The number of hydrogen-bond acceptors (Lipinski definition) is 3. The Bertz CT molecular complexity index is 872. The van der Waals surface area contributed by atoms with Crippen LogP contribution in [-0.4, -0.2) is 32.4 Å². The fraction of sp³-hybridized carbons (Fsp3) is 0.286. The average molecular weight is 385 g/mol. The molecule has 142 valence electrons. The molecule has 1 aliphatic rings. The number of piperidine rings is 1. The van der Waals surface area contributed by atoms with Crippen LogP contribution in [0.1, 0.15) is 24.0 Å². The largest absolute Gasteiger partial charge is 0.331 e. The van der Waals surface area contributed by atoms with Gasteiger partial charge in [-0.1, -0.05) is 60.7 Å². The van der Waals surface area contributed by atoms with Crippen molar-refractivity contribution in [2.24, 2.45) is 5.92 Å². The molecule has 0 saturated carbocycles. The van der Waals surface area contributed by atoms with Crippen molar-refractivity contribution in [3.63, 3.8) is 0 Å². The normalized spacial score (nSPS) is 15.8. The minimum Gasteiger partial charge on any atom is -0.324 e. The van der Waals surface area contributed by atoms with Crippen molar-refractivity contribution in [1.82, 2.24) is 9.62 Å². The second-order valence-corrected chi connectivity index (χ2v) is 8.35. The Hall–Kier alpha value is -2.60. The summed E-state index contributed by atoms with van der Waals surface area (Å²) in [5.74, 6) is 0.519. The van der Waals surface area contributed by atoms with Gasteiger partial charge in [0.15, 0.2) is 0 Å². The third kappa shape index (κ3) is 5.96. The Morgan fingerprint density at radius 2 is 1.59 bits per heavy atom. The number of carbonyl (C=O) groups excluding carboxylic acids is 1.